The van der Waals surface area contributed by atoms with Crippen molar-refractivity contribution in [1.29, 1.82) is 0 Å². The summed E-state index contributed by atoms with van der Waals surface area (Å²) in [5.74, 6) is -2.73. The van der Waals surface area contributed by atoms with Gasteiger partial charge < -0.3 is 15.2 Å². The first-order valence-corrected chi connectivity index (χ1v) is 7.19. The van der Waals surface area contributed by atoms with Gasteiger partial charge in [-0.15, -0.1) is 0 Å². The average Bonchev–Trinajstić information content (AvgIpc) is 2.54. The number of alkyl halides is 3. The fraction of sp³-hybridized carbons (Fsp3) is 0.467. The number of rotatable bonds is 6. The van der Waals surface area contributed by atoms with Gasteiger partial charge in [0, 0.05) is 12.6 Å². The normalized spacial score (nSPS) is 11.6. The Kier molecular flexibility index (Phi) is 9.18. The van der Waals surface area contributed by atoms with Crippen molar-refractivity contribution in [2.24, 2.45) is 5.92 Å². The number of allylic oxidation sites excluding steroid dienone is 1. The molecule has 0 bridgehead atoms. The highest BCUT2D eigenvalue weighted by atomic mass is 19.4. The molecule has 1 heterocycles. The molecule has 0 radical (unpaired) electrons. The number of nitrogens with one attached hydrogen (secondary N) is 1. The summed E-state index contributed by atoms with van der Waals surface area (Å²) in [5.41, 5.74) is 0.464. The first-order chi connectivity index (χ1) is 11.5. The number of carboxylic acids is 1. The van der Waals surface area contributed by atoms with Crippen molar-refractivity contribution >= 4 is 11.9 Å². The van der Waals surface area contributed by atoms with Crippen molar-refractivity contribution in [2.45, 2.75) is 26.6 Å². The standard InChI is InChI=1S/C11H15N3O3.C4H5F3O/c1-3-12-10(15)9-4-5-14(13-6-9)7-8(2)11(16)17;1-3(8-2)4(5,6)7/h4-6,8H,3,7H2,1-2H3,(H-,12,15,16,17);1H2,2H3/p+1. The van der Waals surface area contributed by atoms with Gasteiger partial charge in [0.05, 0.1) is 12.7 Å². The molecule has 25 heavy (non-hydrogen) atoms. The second-order valence-electron chi connectivity index (χ2n) is 4.86. The van der Waals surface area contributed by atoms with E-state index in [4.69, 9.17) is 5.11 Å². The van der Waals surface area contributed by atoms with Crippen molar-refractivity contribution in [3.8, 4) is 0 Å². The molecule has 0 aliphatic rings. The molecule has 0 fully saturated rings. The van der Waals surface area contributed by atoms with Crippen LogP contribution in [0.15, 0.2) is 30.8 Å². The molecule has 1 atom stereocenters. The summed E-state index contributed by atoms with van der Waals surface area (Å²) in [6, 6.07) is 1.62. The van der Waals surface area contributed by atoms with E-state index < -0.39 is 23.8 Å². The lowest BCUT2D eigenvalue weighted by atomic mass is 10.2. The van der Waals surface area contributed by atoms with Crippen LogP contribution in [-0.2, 0) is 16.1 Å². The number of carbonyl (C=O) groups excluding carboxylic acids is 1. The SMILES string of the molecule is C=C(OC)C(F)(F)F.CCNC(=O)c1cc[n+](CC(C)C(=O)O)nc1. The second-order valence-corrected chi connectivity index (χ2v) is 4.86. The zero-order valence-electron chi connectivity index (χ0n) is 14.1. The molecule has 0 spiro atoms. The monoisotopic (exact) mass is 364 g/mol. The lowest BCUT2D eigenvalue weighted by Crippen LogP contribution is -2.42. The smallest absolute Gasteiger partial charge is 0.448 e. The highest BCUT2D eigenvalue weighted by Gasteiger charge is 2.33. The minimum absolute atomic E-state index is 0.182. The summed E-state index contributed by atoms with van der Waals surface area (Å²) in [7, 11) is 0.926. The van der Waals surface area contributed by atoms with Gasteiger partial charge in [-0.1, -0.05) is 11.3 Å². The van der Waals surface area contributed by atoms with Crippen LogP contribution in [0.5, 0.6) is 0 Å². The first kappa shape index (κ1) is 22.4. The van der Waals surface area contributed by atoms with Crippen LogP contribution in [-0.4, -0.2) is 41.9 Å². The van der Waals surface area contributed by atoms with E-state index in [1.807, 2.05) is 6.92 Å². The number of amides is 1. The third kappa shape index (κ3) is 8.68. The van der Waals surface area contributed by atoms with Gasteiger partial charge in [0.15, 0.2) is 18.5 Å². The Morgan fingerprint density at radius 2 is 2.08 bits per heavy atom. The maximum atomic E-state index is 11.4. The fourth-order valence-corrected chi connectivity index (χ4v) is 1.36. The Morgan fingerprint density at radius 1 is 1.48 bits per heavy atom. The van der Waals surface area contributed by atoms with E-state index >= 15 is 0 Å². The number of hydrogen-bond donors (Lipinski definition) is 2. The van der Waals surface area contributed by atoms with Gasteiger partial charge in [0.2, 0.25) is 0 Å². The summed E-state index contributed by atoms with van der Waals surface area (Å²) in [6.07, 6.45) is -1.38. The third-order valence-electron chi connectivity index (χ3n) is 2.82. The fourth-order valence-electron chi connectivity index (χ4n) is 1.36. The molecule has 2 N–H and O–H groups in total. The zero-order chi connectivity index (χ0) is 19.6. The summed E-state index contributed by atoms with van der Waals surface area (Å²) < 4.78 is 39.0. The Labute approximate surface area is 143 Å². The Bertz CT molecular complexity index is 589. The highest BCUT2D eigenvalue weighted by Crippen LogP contribution is 2.23. The molecular formula is C15H21F3N3O4+. The van der Waals surface area contributed by atoms with E-state index in [0.717, 1.165) is 7.11 Å². The van der Waals surface area contributed by atoms with Gasteiger partial charge in [-0.05, 0) is 18.9 Å². The predicted octanol–water partition coefficient (Wildman–Crippen LogP) is 1.55. The van der Waals surface area contributed by atoms with E-state index in [0.29, 0.717) is 12.1 Å². The zero-order valence-corrected chi connectivity index (χ0v) is 14.1. The molecule has 0 saturated heterocycles. The van der Waals surface area contributed by atoms with Gasteiger partial charge in [-0.25, -0.2) is 0 Å². The molecule has 1 unspecified atom stereocenters. The van der Waals surface area contributed by atoms with E-state index in [2.05, 4.69) is 21.7 Å². The quantitative estimate of drug-likeness (QED) is 0.590. The molecule has 1 amide bonds. The van der Waals surface area contributed by atoms with Crippen LogP contribution < -0.4 is 10.00 Å². The maximum Gasteiger partial charge on any atom is 0.448 e. The van der Waals surface area contributed by atoms with Crippen LogP contribution in [0.1, 0.15) is 24.2 Å². The maximum absolute atomic E-state index is 11.4. The number of carboxylic acid groups (broad SMARTS) is 1. The summed E-state index contributed by atoms with van der Waals surface area (Å²) in [4.78, 5) is 22.1. The molecule has 1 aromatic rings. The van der Waals surface area contributed by atoms with Gasteiger partial charge in [0.1, 0.15) is 12.1 Å². The number of halogens is 3. The predicted molar refractivity (Wildman–Crippen MR) is 81.4 cm³/mol. The first-order valence-electron chi connectivity index (χ1n) is 7.19. The van der Waals surface area contributed by atoms with Crippen LogP contribution in [0.2, 0.25) is 0 Å². The van der Waals surface area contributed by atoms with E-state index in [-0.39, 0.29) is 12.5 Å². The van der Waals surface area contributed by atoms with Crippen LogP contribution in [0.3, 0.4) is 0 Å². The van der Waals surface area contributed by atoms with Crippen LogP contribution >= 0.6 is 0 Å². The lowest BCUT2D eigenvalue weighted by molar-refractivity contribution is -0.757. The van der Waals surface area contributed by atoms with Gasteiger partial charge >= 0.3 is 12.1 Å². The summed E-state index contributed by atoms with van der Waals surface area (Å²) in [5, 5.41) is 15.4. The number of methoxy groups -OCH3 is 1. The number of ether oxygens (including phenoxy) is 1. The molecule has 0 saturated carbocycles. The Hall–Kier alpha value is -2.65. The average molecular weight is 364 g/mol. The topological polar surface area (TPSA) is 92.4 Å². The molecule has 1 aromatic heterocycles. The Morgan fingerprint density at radius 3 is 2.40 bits per heavy atom. The van der Waals surface area contributed by atoms with Crippen LogP contribution in [0.25, 0.3) is 0 Å². The molecule has 0 aromatic carbocycles. The van der Waals surface area contributed by atoms with Crippen molar-refractivity contribution in [3.63, 3.8) is 0 Å². The van der Waals surface area contributed by atoms with Crippen molar-refractivity contribution < 1.29 is 37.3 Å². The number of nitrogens with zero attached hydrogens (tertiary/aromatic N) is 2. The molecular weight excluding hydrogens is 343 g/mol. The molecule has 0 aliphatic carbocycles. The second kappa shape index (κ2) is 10.3. The van der Waals surface area contributed by atoms with Gasteiger partial charge in [0.25, 0.3) is 5.91 Å². The number of carbonyl (C=O) groups is 2. The summed E-state index contributed by atoms with van der Waals surface area (Å²) in [6.45, 7) is 6.88. The van der Waals surface area contributed by atoms with Crippen molar-refractivity contribution in [3.05, 3.63) is 36.4 Å². The summed E-state index contributed by atoms with van der Waals surface area (Å²) >= 11 is 0. The highest BCUT2D eigenvalue weighted by molar-refractivity contribution is 5.93. The largest absolute Gasteiger partial charge is 0.493 e. The van der Waals surface area contributed by atoms with E-state index in [1.165, 1.54) is 10.9 Å². The van der Waals surface area contributed by atoms with Crippen molar-refractivity contribution in [2.75, 3.05) is 13.7 Å². The molecule has 10 heteroatoms. The van der Waals surface area contributed by atoms with Crippen LogP contribution in [0, 0.1) is 5.92 Å². The minimum Gasteiger partial charge on any atom is -0.493 e. The van der Waals surface area contributed by atoms with Crippen LogP contribution in [0.4, 0.5) is 13.2 Å². The lowest BCUT2D eigenvalue weighted by Gasteiger charge is -2.06. The van der Waals surface area contributed by atoms with Gasteiger partial charge in [-0.2, -0.15) is 13.2 Å². The third-order valence-corrected chi connectivity index (χ3v) is 2.82. The molecule has 7 nitrogen and oxygen atoms in total. The van der Waals surface area contributed by atoms with E-state index in [9.17, 15) is 22.8 Å². The minimum atomic E-state index is -4.41. The number of aliphatic carboxylic acids is 1. The van der Waals surface area contributed by atoms with Crippen molar-refractivity contribution in [1.82, 2.24) is 10.4 Å². The molecule has 1 rings (SSSR count). The number of hydrogen-bond acceptors (Lipinski definition) is 4. The van der Waals surface area contributed by atoms with E-state index in [1.54, 1.807) is 19.2 Å². The Balaban J connectivity index is 0.000000609. The van der Waals surface area contributed by atoms with Gasteiger partial charge in [-0.3, -0.25) is 9.59 Å². The molecule has 140 valence electrons. The number of aromatic nitrogens is 2. The molecule has 0 aliphatic heterocycles.